The zero-order chi connectivity index (χ0) is 14.9. The highest BCUT2D eigenvalue weighted by molar-refractivity contribution is 7.91. The minimum Gasteiger partial charge on any atom is -0.382 e. The average Bonchev–Trinajstić information content (AvgIpc) is 2.81. The highest BCUT2D eigenvalue weighted by Crippen LogP contribution is 2.36. The van der Waals surface area contributed by atoms with Gasteiger partial charge in [0.15, 0.2) is 15.7 Å². The number of hydrogen-bond acceptors (Lipinski definition) is 7. The van der Waals surface area contributed by atoms with Crippen molar-refractivity contribution in [1.82, 2.24) is 9.27 Å². The number of aromatic nitrogens is 1. The Labute approximate surface area is 124 Å². The maximum Gasteiger partial charge on any atom is 0.184 e. The molecule has 0 unspecified atom stereocenters. The second-order valence-electron chi connectivity index (χ2n) is 5.29. The van der Waals surface area contributed by atoms with Gasteiger partial charge in [0.2, 0.25) is 0 Å². The number of rotatable bonds is 4. The molecule has 1 aliphatic rings. The molecule has 0 amide bonds. The molecule has 8 heteroatoms. The van der Waals surface area contributed by atoms with Crippen LogP contribution in [0.25, 0.3) is 0 Å². The molecule has 0 saturated carbocycles. The fourth-order valence-corrected chi connectivity index (χ4v) is 4.87. The Kier molecular flexibility index (Phi) is 4.55. The molecule has 1 aromatic heterocycles. The molecule has 0 aromatic carbocycles. The largest absolute Gasteiger partial charge is 0.382 e. The Morgan fingerprint density at radius 3 is 2.50 bits per heavy atom. The fourth-order valence-electron chi connectivity index (χ4n) is 2.51. The van der Waals surface area contributed by atoms with Crippen LogP contribution in [0.15, 0.2) is 4.90 Å². The lowest BCUT2D eigenvalue weighted by molar-refractivity contribution is 0.250. The predicted molar refractivity (Wildman–Crippen MR) is 83.2 cm³/mol. The summed E-state index contributed by atoms with van der Waals surface area (Å²) < 4.78 is 28.4. The van der Waals surface area contributed by atoms with Gasteiger partial charge in [-0.15, -0.1) is 0 Å². The lowest BCUT2D eigenvalue weighted by atomic mass is 10.0. The van der Waals surface area contributed by atoms with E-state index in [0.29, 0.717) is 11.0 Å². The van der Waals surface area contributed by atoms with Gasteiger partial charge in [0.05, 0.1) is 5.75 Å². The minimum atomic E-state index is -3.32. The topological polar surface area (TPSA) is 79.5 Å². The van der Waals surface area contributed by atoms with Gasteiger partial charge in [0.25, 0.3) is 0 Å². The quantitative estimate of drug-likeness (QED) is 0.894. The van der Waals surface area contributed by atoms with E-state index in [9.17, 15) is 8.42 Å². The Morgan fingerprint density at radius 1 is 1.40 bits per heavy atom. The van der Waals surface area contributed by atoms with E-state index in [2.05, 4.69) is 28.3 Å². The summed E-state index contributed by atoms with van der Waals surface area (Å²) in [6.45, 7) is 3.32. The monoisotopic (exact) mass is 318 g/mol. The van der Waals surface area contributed by atoms with Crippen LogP contribution in [0.1, 0.15) is 19.8 Å². The van der Waals surface area contributed by atoms with Crippen molar-refractivity contribution in [3.8, 4) is 0 Å². The van der Waals surface area contributed by atoms with Crippen LogP contribution in [0.4, 0.5) is 10.8 Å². The van der Waals surface area contributed by atoms with Gasteiger partial charge < -0.3 is 15.5 Å². The lowest BCUT2D eigenvalue weighted by Gasteiger charge is -2.35. The van der Waals surface area contributed by atoms with E-state index in [4.69, 9.17) is 5.73 Å². The van der Waals surface area contributed by atoms with Gasteiger partial charge in [0.1, 0.15) is 9.90 Å². The Bertz CT molecular complexity index is 560. The normalized spacial score (nSPS) is 17.9. The molecule has 20 heavy (non-hydrogen) atoms. The Hall–Kier alpha value is -0.860. The third kappa shape index (κ3) is 2.91. The third-order valence-corrected chi connectivity index (χ3v) is 6.67. The zero-order valence-electron chi connectivity index (χ0n) is 12.2. The molecule has 114 valence electrons. The van der Waals surface area contributed by atoms with Crippen molar-refractivity contribution >= 4 is 32.2 Å². The molecule has 1 aromatic rings. The summed E-state index contributed by atoms with van der Waals surface area (Å²) in [5, 5.41) is 0.710. The second-order valence-corrected chi connectivity index (χ2v) is 8.25. The van der Waals surface area contributed by atoms with Crippen LogP contribution in [0.5, 0.6) is 0 Å². The van der Waals surface area contributed by atoms with E-state index in [1.165, 1.54) is 11.5 Å². The van der Waals surface area contributed by atoms with Gasteiger partial charge in [0, 0.05) is 19.1 Å². The average molecular weight is 318 g/mol. The van der Waals surface area contributed by atoms with Crippen LogP contribution < -0.4 is 10.6 Å². The van der Waals surface area contributed by atoms with Crippen LogP contribution >= 0.6 is 11.5 Å². The van der Waals surface area contributed by atoms with Crippen molar-refractivity contribution in [2.45, 2.75) is 30.7 Å². The SMILES string of the molecule is CCS(=O)(=O)c1c(N)nsc1N1CCC(N(C)C)CC1. The van der Waals surface area contributed by atoms with Crippen molar-refractivity contribution in [3.05, 3.63) is 0 Å². The van der Waals surface area contributed by atoms with Crippen molar-refractivity contribution in [2.24, 2.45) is 0 Å². The Balaban J connectivity index is 2.24. The number of nitrogen functional groups attached to an aromatic ring is 1. The molecule has 1 aliphatic heterocycles. The molecular weight excluding hydrogens is 296 g/mol. The van der Waals surface area contributed by atoms with Crippen molar-refractivity contribution < 1.29 is 8.42 Å². The Morgan fingerprint density at radius 2 is 2.00 bits per heavy atom. The van der Waals surface area contributed by atoms with Crippen LogP contribution in [0.3, 0.4) is 0 Å². The summed E-state index contributed by atoms with van der Waals surface area (Å²) in [5.41, 5.74) is 5.77. The third-order valence-electron chi connectivity index (χ3n) is 3.83. The summed E-state index contributed by atoms with van der Waals surface area (Å²) in [6, 6.07) is 0.558. The first-order valence-corrected chi connectivity index (χ1v) is 9.18. The summed E-state index contributed by atoms with van der Waals surface area (Å²) in [4.78, 5) is 4.56. The predicted octanol–water partition coefficient (Wildman–Crippen LogP) is 1.05. The van der Waals surface area contributed by atoms with Gasteiger partial charge in [-0.05, 0) is 38.5 Å². The fraction of sp³-hybridized carbons (Fsp3) is 0.750. The molecule has 0 spiro atoms. The minimum absolute atomic E-state index is 0.0524. The smallest absolute Gasteiger partial charge is 0.184 e. The van der Waals surface area contributed by atoms with Gasteiger partial charge >= 0.3 is 0 Å². The van der Waals surface area contributed by atoms with Gasteiger partial charge in [-0.3, -0.25) is 0 Å². The van der Waals surface area contributed by atoms with E-state index in [-0.39, 0.29) is 16.5 Å². The number of piperidine rings is 1. The molecule has 2 N–H and O–H groups in total. The summed E-state index contributed by atoms with van der Waals surface area (Å²) in [7, 11) is 0.838. The van der Waals surface area contributed by atoms with Crippen molar-refractivity contribution in [3.63, 3.8) is 0 Å². The van der Waals surface area contributed by atoms with E-state index in [0.717, 1.165) is 25.9 Å². The first kappa shape index (κ1) is 15.5. The van der Waals surface area contributed by atoms with Gasteiger partial charge in [-0.25, -0.2) is 8.42 Å². The van der Waals surface area contributed by atoms with E-state index in [1.807, 2.05) is 0 Å². The molecule has 0 bridgehead atoms. The molecule has 2 rings (SSSR count). The molecule has 0 radical (unpaired) electrons. The zero-order valence-corrected chi connectivity index (χ0v) is 13.8. The highest BCUT2D eigenvalue weighted by Gasteiger charge is 2.29. The molecular formula is C12H22N4O2S2. The molecule has 2 heterocycles. The lowest BCUT2D eigenvalue weighted by Crippen LogP contribution is -2.42. The number of sulfone groups is 1. The van der Waals surface area contributed by atoms with Crippen LogP contribution in [-0.2, 0) is 9.84 Å². The summed E-state index contributed by atoms with van der Waals surface area (Å²) in [5.74, 6) is 0.193. The number of anilines is 2. The number of nitrogens with zero attached hydrogens (tertiary/aromatic N) is 3. The molecule has 0 atom stereocenters. The van der Waals surface area contributed by atoms with Crippen LogP contribution in [0.2, 0.25) is 0 Å². The van der Waals surface area contributed by atoms with Crippen molar-refractivity contribution in [2.75, 3.05) is 43.6 Å². The maximum atomic E-state index is 12.2. The number of hydrogen-bond donors (Lipinski definition) is 1. The highest BCUT2D eigenvalue weighted by atomic mass is 32.2. The van der Waals surface area contributed by atoms with Crippen molar-refractivity contribution in [1.29, 1.82) is 0 Å². The maximum absolute atomic E-state index is 12.2. The first-order valence-electron chi connectivity index (χ1n) is 6.76. The van der Waals surface area contributed by atoms with Crippen LogP contribution in [-0.4, -0.2) is 56.7 Å². The van der Waals surface area contributed by atoms with E-state index < -0.39 is 9.84 Å². The molecule has 0 aliphatic carbocycles. The molecule has 1 saturated heterocycles. The summed E-state index contributed by atoms with van der Waals surface area (Å²) >= 11 is 1.19. The molecule has 1 fully saturated rings. The first-order chi connectivity index (χ1) is 9.36. The second kappa shape index (κ2) is 5.87. The van der Waals surface area contributed by atoms with E-state index in [1.54, 1.807) is 6.92 Å². The summed E-state index contributed by atoms with van der Waals surface area (Å²) in [6.07, 6.45) is 2.05. The number of nitrogens with two attached hydrogens (primary N) is 1. The molecule has 6 nitrogen and oxygen atoms in total. The van der Waals surface area contributed by atoms with Crippen LogP contribution in [0, 0.1) is 0 Å². The van der Waals surface area contributed by atoms with Gasteiger partial charge in [-0.1, -0.05) is 6.92 Å². The van der Waals surface area contributed by atoms with Gasteiger partial charge in [-0.2, -0.15) is 4.37 Å². The van der Waals surface area contributed by atoms with E-state index >= 15 is 0 Å². The standard InChI is InChI=1S/C12H22N4O2S2/c1-4-20(17,18)10-11(13)14-19-12(10)16-7-5-9(6-8-16)15(2)3/h9H,4-8H2,1-3H3,(H2,13,14).